The molecule has 0 unspecified atom stereocenters. The first-order valence-electron chi connectivity index (χ1n) is 8.93. The van der Waals surface area contributed by atoms with Gasteiger partial charge in [-0.25, -0.2) is 9.98 Å². The minimum atomic E-state index is -0.177. The van der Waals surface area contributed by atoms with E-state index in [1.165, 1.54) is 11.8 Å². The quantitative estimate of drug-likeness (QED) is 0.328. The highest BCUT2D eigenvalue weighted by molar-refractivity contribution is 8.18. The van der Waals surface area contributed by atoms with Gasteiger partial charge in [0.05, 0.1) is 20.5 Å². The molecular formula is C22H15Cl2N3O2S. The Kier molecular flexibility index (Phi) is 6.08. The SMILES string of the molecule is C=CCN1C(=O)/C(=C\c2ccc(-c3c(Cl)cccc3Cl)o2)S/C1=N/c1ccccn1. The molecule has 30 heavy (non-hydrogen) atoms. The van der Waals surface area contributed by atoms with Gasteiger partial charge in [0, 0.05) is 18.8 Å². The molecule has 1 aliphatic heterocycles. The monoisotopic (exact) mass is 455 g/mol. The van der Waals surface area contributed by atoms with E-state index in [9.17, 15) is 4.79 Å². The molecule has 1 fully saturated rings. The van der Waals surface area contributed by atoms with E-state index in [1.807, 2.05) is 12.1 Å². The van der Waals surface area contributed by atoms with Crippen LogP contribution in [-0.2, 0) is 4.79 Å². The van der Waals surface area contributed by atoms with Crippen molar-refractivity contribution in [2.24, 2.45) is 4.99 Å². The van der Waals surface area contributed by atoms with Crippen LogP contribution < -0.4 is 0 Å². The molecule has 5 nitrogen and oxygen atoms in total. The highest BCUT2D eigenvalue weighted by atomic mass is 35.5. The normalized spacial score (nSPS) is 16.6. The van der Waals surface area contributed by atoms with Gasteiger partial charge in [-0.15, -0.1) is 6.58 Å². The van der Waals surface area contributed by atoms with Crippen molar-refractivity contribution in [1.29, 1.82) is 0 Å². The lowest BCUT2D eigenvalue weighted by molar-refractivity contribution is -0.121. The fourth-order valence-corrected chi connectivity index (χ4v) is 4.39. The Balaban J connectivity index is 1.66. The molecule has 0 spiro atoms. The third-order valence-corrected chi connectivity index (χ3v) is 5.81. The number of amidine groups is 1. The molecule has 150 valence electrons. The highest BCUT2D eigenvalue weighted by Gasteiger charge is 2.33. The summed E-state index contributed by atoms with van der Waals surface area (Å²) in [6.45, 7) is 4.07. The van der Waals surface area contributed by atoms with E-state index in [2.05, 4.69) is 16.6 Å². The maximum absolute atomic E-state index is 12.9. The number of halogens is 2. The smallest absolute Gasteiger partial charge is 0.267 e. The van der Waals surface area contributed by atoms with Crippen molar-refractivity contribution in [3.63, 3.8) is 0 Å². The lowest BCUT2D eigenvalue weighted by Crippen LogP contribution is -2.29. The van der Waals surface area contributed by atoms with Crippen LogP contribution in [0.5, 0.6) is 0 Å². The van der Waals surface area contributed by atoms with Gasteiger partial charge in [-0.2, -0.15) is 0 Å². The molecule has 0 radical (unpaired) electrons. The van der Waals surface area contributed by atoms with E-state index in [1.54, 1.807) is 59.6 Å². The number of carbonyl (C=O) groups is 1. The summed E-state index contributed by atoms with van der Waals surface area (Å²) >= 11 is 13.8. The number of carbonyl (C=O) groups excluding carboxylic acids is 1. The fourth-order valence-electron chi connectivity index (χ4n) is 2.83. The van der Waals surface area contributed by atoms with E-state index in [0.717, 1.165) is 0 Å². The van der Waals surface area contributed by atoms with Crippen LogP contribution in [0.2, 0.25) is 10.0 Å². The van der Waals surface area contributed by atoms with Gasteiger partial charge in [-0.05, 0) is 48.2 Å². The molecule has 1 amide bonds. The second kappa shape index (κ2) is 8.92. The average molecular weight is 456 g/mol. The van der Waals surface area contributed by atoms with Gasteiger partial charge in [-0.1, -0.05) is 41.4 Å². The lowest BCUT2D eigenvalue weighted by atomic mass is 10.2. The first kappa shape index (κ1) is 20.5. The van der Waals surface area contributed by atoms with Crippen LogP contribution in [0.3, 0.4) is 0 Å². The largest absolute Gasteiger partial charge is 0.457 e. The number of nitrogens with zero attached hydrogens (tertiary/aromatic N) is 3. The predicted molar refractivity (Wildman–Crippen MR) is 123 cm³/mol. The summed E-state index contributed by atoms with van der Waals surface area (Å²) in [5, 5.41) is 1.51. The van der Waals surface area contributed by atoms with E-state index < -0.39 is 0 Å². The number of hydrogen-bond donors (Lipinski definition) is 0. The minimum Gasteiger partial charge on any atom is -0.457 e. The zero-order valence-electron chi connectivity index (χ0n) is 15.6. The molecule has 1 aromatic carbocycles. The van der Waals surface area contributed by atoms with E-state index in [0.29, 0.717) is 49.6 Å². The van der Waals surface area contributed by atoms with E-state index in [4.69, 9.17) is 27.6 Å². The Bertz CT molecular complexity index is 1150. The molecule has 1 saturated heterocycles. The van der Waals surface area contributed by atoms with Crippen molar-refractivity contribution in [1.82, 2.24) is 9.88 Å². The number of amides is 1. The van der Waals surface area contributed by atoms with Gasteiger partial charge in [0.25, 0.3) is 5.91 Å². The molecule has 0 N–H and O–H groups in total. The molecule has 2 aromatic heterocycles. The van der Waals surface area contributed by atoms with E-state index >= 15 is 0 Å². The number of rotatable bonds is 5. The van der Waals surface area contributed by atoms with Gasteiger partial charge in [0.15, 0.2) is 11.0 Å². The molecule has 3 aromatic rings. The molecular weight excluding hydrogens is 441 g/mol. The molecule has 0 saturated carbocycles. The number of aliphatic imine (C=N–C) groups is 1. The van der Waals surface area contributed by atoms with Crippen LogP contribution >= 0.6 is 35.0 Å². The number of furan rings is 1. The third-order valence-electron chi connectivity index (χ3n) is 4.17. The Hall–Kier alpha value is -2.80. The summed E-state index contributed by atoms with van der Waals surface area (Å²) in [5.74, 6) is 1.38. The molecule has 0 bridgehead atoms. The molecule has 4 rings (SSSR count). The molecule has 0 aliphatic carbocycles. The summed E-state index contributed by atoms with van der Waals surface area (Å²) < 4.78 is 5.89. The molecule has 8 heteroatoms. The number of benzene rings is 1. The zero-order chi connectivity index (χ0) is 21.1. The van der Waals surface area contributed by atoms with Gasteiger partial charge >= 0.3 is 0 Å². The van der Waals surface area contributed by atoms with Crippen molar-refractivity contribution >= 4 is 57.9 Å². The van der Waals surface area contributed by atoms with Crippen molar-refractivity contribution in [3.8, 4) is 11.3 Å². The van der Waals surface area contributed by atoms with E-state index in [-0.39, 0.29) is 5.91 Å². The summed E-state index contributed by atoms with van der Waals surface area (Å²) in [6.07, 6.45) is 4.98. The van der Waals surface area contributed by atoms with Crippen LogP contribution in [0.1, 0.15) is 5.76 Å². The standard InChI is InChI=1S/C22H15Cl2N3O2S/c1-2-12-27-21(28)18(30-22(27)26-19-8-3-4-11-25-19)13-14-9-10-17(29-14)20-15(23)6-5-7-16(20)24/h2-11,13H,1,12H2/b18-13+,26-22+. The first-order chi connectivity index (χ1) is 14.6. The lowest BCUT2D eigenvalue weighted by Gasteiger charge is -2.12. The average Bonchev–Trinajstić information content (AvgIpc) is 3.29. The second-order valence-electron chi connectivity index (χ2n) is 6.20. The van der Waals surface area contributed by atoms with Crippen molar-refractivity contribution in [2.45, 2.75) is 0 Å². The van der Waals surface area contributed by atoms with Crippen LogP contribution in [-0.4, -0.2) is 27.5 Å². The Morgan fingerprint density at radius 2 is 1.93 bits per heavy atom. The number of aromatic nitrogens is 1. The Morgan fingerprint density at radius 1 is 1.13 bits per heavy atom. The van der Waals surface area contributed by atoms with Gasteiger partial charge in [0.1, 0.15) is 11.5 Å². The predicted octanol–water partition coefficient (Wildman–Crippen LogP) is 6.44. The number of pyridine rings is 1. The Morgan fingerprint density at radius 3 is 2.63 bits per heavy atom. The maximum Gasteiger partial charge on any atom is 0.267 e. The van der Waals surface area contributed by atoms with Gasteiger partial charge in [0.2, 0.25) is 0 Å². The summed E-state index contributed by atoms with van der Waals surface area (Å²) in [4.78, 5) is 23.6. The first-order valence-corrected chi connectivity index (χ1v) is 10.5. The third kappa shape index (κ3) is 4.21. The Labute approximate surface area is 187 Å². The summed E-state index contributed by atoms with van der Waals surface area (Å²) in [6, 6.07) is 14.2. The van der Waals surface area contributed by atoms with Crippen LogP contribution in [0, 0.1) is 0 Å². The molecule has 3 heterocycles. The molecule has 0 atom stereocenters. The van der Waals surface area contributed by atoms with Crippen molar-refractivity contribution < 1.29 is 9.21 Å². The topological polar surface area (TPSA) is 58.7 Å². The maximum atomic E-state index is 12.9. The van der Waals surface area contributed by atoms with Crippen molar-refractivity contribution in [3.05, 3.63) is 88.1 Å². The minimum absolute atomic E-state index is 0.177. The van der Waals surface area contributed by atoms with Crippen LogP contribution in [0.4, 0.5) is 5.82 Å². The number of thioether (sulfide) groups is 1. The second-order valence-corrected chi connectivity index (χ2v) is 8.02. The highest BCUT2D eigenvalue weighted by Crippen LogP contribution is 2.37. The fraction of sp³-hybridized carbons (Fsp3) is 0.0455. The molecule has 1 aliphatic rings. The summed E-state index contributed by atoms with van der Waals surface area (Å²) in [5.41, 5.74) is 0.613. The number of hydrogen-bond acceptors (Lipinski definition) is 5. The zero-order valence-corrected chi connectivity index (χ0v) is 17.9. The van der Waals surface area contributed by atoms with Gasteiger partial charge < -0.3 is 4.42 Å². The van der Waals surface area contributed by atoms with Gasteiger partial charge in [-0.3, -0.25) is 9.69 Å². The summed E-state index contributed by atoms with van der Waals surface area (Å²) in [7, 11) is 0. The van der Waals surface area contributed by atoms with Crippen LogP contribution in [0.25, 0.3) is 17.4 Å². The van der Waals surface area contributed by atoms with Crippen molar-refractivity contribution in [2.75, 3.05) is 6.54 Å². The van der Waals surface area contributed by atoms with Crippen LogP contribution in [0.15, 0.2) is 81.7 Å².